The van der Waals surface area contributed by atoms with Crippen molar-refractivity contribution in [3.8, 4) is 0 Å². The lowest BCUT2D eigenvalue weighted by atomic mass is 9.96. The summed E-state index contributed by atoms with van der Waals surface area (Å²) in [6, 6.07) is 5.76. The van der Waals surface area contributed by atoms with Crippen LogP contribution in [0.15, 0.2) is 30.6 Å². The minimum absolute atomic E-state index is 0.0248. The summed E-state index contributed by atoms with van der Waals surface area (Å²) >= 11 is 0. The van der Waals surface area contributed by atoms with Gasteiger partial charge in [0.15, 0.2) is 0 Å². The first-order valence-corrected chi connectivity index (χ1v) is 11.7. The largest absolute Gasteiger partial charge is 0.419 e. The molecule has 2 aliphatic heterocycles. The van der Waals surface area contributed by atoms with E-state index in [1.165, 1.54) is 0 Å². The SMILES string of the molecule is O=C1NCCCc2c(CCOCCC(=O)N3CCN(c4ncc(C(F)(F)F)cn4)CC3)cccc21. The molecule has 3 heterocycles. The number of hydrogen-bond donors (Lipinski definition) is 1. The van der Waals surface area contributed by atoms with Gasteiger partial charge in [-0.1, -0.05) is 12.1 Å². The van der Waals surface area contributed by atoms with E-state index in [9.17, 15) is 22.8 Å². The second-order valence-corrected chi connectivity index (χ2v) is 8.55. The molecule has 0 saturated carbocycles. The predicted octanol–water partition coefficient (Wildman–Crippen LogP) is 2.47. The highest BCUT2D eigenvalue weighted by Gasteiger charge is 2.32. The minimum atomic E-state index is -4.47. The standard InChI is InChI=1S/C24H28F3N5O3/c25-24(26,27)18-15-29-23(30-16-18)32-11-9-31(10-12-32)21(33)7-14-35-13-6-17-3-1-4-20-19(17)5-2-8-28-22(20)34/h1,3-4,15-16H,2,5-14H2,(H,28,34). The number of anilines is 1. The fourth-order valence-corrected chi connectivity index (χ4v) is 4.33. The van der Waals surface area contributed by atoms with Crippen LogP contribution in [-0.2, 0) is 28.5 Å². The molecule has 2 amide bonds. The van der Waals surface area contributed by atoms with Crippen LogP contribution >= 0.6 is 0 Å². The van der Waals surface area contributed by atoms with Crippen molar-refractivity contribution in [1.82, 2.24) is 20.2 Å². The van der Waals surface area contributed by atoms with Gasteiger partial charge in [0.1, 0.15) is 0 Å². The molecule has 8 nitrogen and oxygen atoms in total. The minimum Gasteiger partial charge on any atom is -0.381 e. The van der Waals surface area contributed by atoms with E-state index in [-0.39, 0.29) is 24.2 Å². The third-order valence-electron chi connectivity index (χ3n) is 6.26. The lowest BCUT2D eigenvalue weighted by Crippen LogP contribution is -2.49. The number of carbonyl (C=O) groups excluding carboxylic acids is 2. The predicted molar refractivity (Wildman–Crippen MR) is 122 cm³/mol. The molecule has 0 bridgehead atoms. The molecule has 1 fully saturated rings. The van der Waals surface area contributed by atoms with E-state index >= 15 is 0 Å². The van der Waals surface area contributed by atoms with E-state index < -0.39 is 11.7 Å². The second kappa shape index (κ2) is 11.0. The van der Waals surface area contributed by atoms with E-state index in [0.717, 1.165) is 41.9 Å². The molecule has 35 heavy (non-hydrogen) atoms. The number of piperazine rings is 1. The number of halogens is 3. The van der Waals surface area contributed by atoms with E-state index in [1.54, 1.807) is 9.80 Å². The van der Waals surface area contributed by atoms with Crippen LogP contribution in [0.2, 0.25) is 0 Å². The van der Waals surface area contributed by atoms with Crippen LogP contribution in [0, 0.1) is 0 Å². The highest BCUT2D eigenvalue weighted by molar-refractivity contribution is 5.96. The molecular weight excluding hydrogens is 463 g/mol. The highest BCUT2D eigenvalue weighted by Crippen LogP contribution is 2.28. The van der Waals surface area contributed by atoms with Gasteiger partial charge >= 0.3 is 6.18 Å². The molecule has 1 aromatic carbocycles. The van der Waals surface area contributed by atoms with Gasteiger partial charge in [0.25, 0.3) is 5.91 Å². The summed E-state index contributed by atoms with van der Waals surface area (Å²) in [6.07, 6.45) is -0.224. The number of hydrogen-bond acceptors (Lipinski definition) is 6. The molecule has 4 rings (SSSR count). The molecule has 0 spiro atoms. The van der Waals surface area contributed by atoms with Gasteiger partial charge in [-0.3, -0.25) is 9.59 Å². The van der Waals surface area contributed by atoms with Crippen LogP contribution < -0.4 is 10.2 Å². The molecule has 0 radical (unpaired) electrons. The van der Waals surface area contributed by atoms with Gasteiger partial charge in [-0.05, 0) is 36.5 Å². The maximum atomic E-state index is 12.7. The molecule has 0 unspecified atom stereocenters. The molecule has 0 aliphatic carbocycles. The first kappa shape index (κ1) is 24.9. The quantitative estimate of drug-likeness (QED) is 0.599. The number of fused-ring (bicyclic) bond motifs is 1. The van der Waals surface area contributed by atoms with Gasteiger partial charge in [-0.15, -0.1) is 0 Å². The molecule has 2 aliphatic rings. The van der Waals surface area contributed by atoms with Crippen molar-refractivity contribution >= 4 is 17.8 Å². The Morgan fingerprint density at radius 1 is 1.09 bits per heavy atom. The highest BCUT2D eigenvalue weighted by atomic mass is 19.4. The first-order chi connectivity index (χ1) is 16.8. The number of alkyl halides is 3. The molecule has 11 heteroatoms. The van der Waals surface area contributed by atoms with Crippen molar-refractivity contribution in [2.75, 3.05) is 50.8 Å². The Morgan fingerprint density at radius 2 is 1.83 bits per heavy atom. The maximum absolute atomic E-state index is 12.7. The summed E-state index contributed by atoms with van der Waals surface area (Å²) < 4.78 is 43.7. The Balaban J connectivity index is 1.18. The van der Waals surface area contributed by atoms with Gasteiger partial charge in [0.05, 0.1) is 25.2 Å². The number of nitrogens with zero attached hydrogens (tertiary/aromatic N) is 4. The molecule has 1 N–H and O–H groups in total. The summed E-state index contributed by atoms with van der Waals surface area (Å²) in [4.78, 5) is 35.8. The topological polar surface area (TPSA) is 87.7 Å². The fraction of sp³-hybridized carbons (Fsp3) is 0.500. The smallest absolute Gasteiger partial charge is 0.381 e. The molecule has 0 atom stereocenters. The van der Waals surface area contributed by atoms with E-state index in [4.69, 9.17) is 4.74 Å². The van der Waals surface area contributed by atoms with Gasteiger partial charge in [-0.25, -0.2) is 9.97 Å². The normalized spacial score (nSPS) is 16.5. The Morgan fingerprint density at radius 3 is 2.54 bits per heavy atom. The number of rotatable bonds is 7. The molecular formula is C24H28F3N5O3. The van der Waals surface area contributed by atoms with Gasteiger partial charge < -0.3 is 19.9 Å². The average molecular weight is 492 g/mol. The fourth-order valence-electron chi connectivity index (χ4n) is 4.33. The summed E-state index contributed by atoms with van der Waals surface area (Å²) in [5.41, 5.74) is 2.03. The summed E-state index contributed by atoms with van der Waals surface area (Å²) in [7, 11) is 0. The maximum Gasteiger partial charge on any atom is 0.419 e. The van der Waals surface area contributed by atoms with Crippen LogP contribution in [0.5, 0.6) is 0 Å². The van der Waals surface area contributed by atoms with Crippen molar-refractivity contribution in [3.63, 3.8) is 0 Å². The van der Waals surface area contributed by atoms with Crippen LogP contribution in [0.1, 0.15) is 39.9 Å². The zero-order valence-electron chi connectivity index (χ0n) is 19.3. The summed E-state index contributed by atoms with van der Waals surface area (Å²) in [5.74, 6) is 0.170. The Bertz CT molecular complexity index is 1040. The number of carbonyl (C=O) groups is 2. The van der Waals surface area contributed by atoms with E-state index in [1.807, 2.05) is 18.2 Å². The first-order valence-electron chi connectivity index (χ1n) is 11.7. The van der Waals surface area contributed by atoms with Crippen molar-refractivity contribution in [2.24, 2.45) is 0 Å². The van der Waals surface area contributed by atoms with Crippen LogP contribution in [0.4, 0.5) is 19.1 Å². The molecule has 1 aromatic heterocycles. The van der Waals surface area contributed by atoms with E-state index in [0.29, 0.717) is 52.4 Å². The Labute approximate surface area is 201 Å². The number of aromatic nitrogens is 2. The lowest BCUT2D eigenvalue weighted by molar-refractivity contribution is -0.138. The monoisotopic (exact) mass is 491 g/mol. The number of benzene rings is 1. The summed E-state index contributed by atoms with van der Waals surface area (Å²) in [6.45, 7) is 3.23. The molecule has 1 saturated heterocycles. The van der Waals surface area contributed by atoms with Crippen LogP contribution in [0.3, 0.4) is 0 Å². The van der Waals surface area contributed by atoms with E-state index in [2.05, 4.69) is 15.3 Å². The van der Waals surface area contributed by atoms with Gasteiger partial charge in [0, 0.05) is 50.7 Å². The zero-order valence-corrected chi connectivity index (χ0v) is 19.3. The number of nitrogens with one attached hydrogen (secondary N) is 1. The van der Waals surface area contributed by atoms with Gasteiger partial charge in [0.2, 0.25) is 11.9 Å². The third kappa shape index (κ3) is 6.27. The molecule has 2 aromatic rings. The van der Waals surface area contributed by atoms with Gasteiger partial charge in [-0.2, -0.15) is 13.2 Å². The third-order valence-corrected chi connectivity index (χ3v) is 6.26. The zero-order chi connectivity index (χ0) is 24.8. The second-order valence-electron chi connectivity index (χ2n) is 8.55. The Kier molecular flexibility index (Phi) is 7.84. The van der Waals surface area contributed by atoms with Crippen molar-refractivity contribution in [3.05, 3.63) is 52.8 Å². The van der Waals surface area contributed by atoms with Crippen molar-refractivity contribution < 1.29 is 27.5 Å². The average Bonchev–Trinajstić information content (AvgIpc) is 3.05. The number of ether oxygens (including phenoxy) is 1. The molecule has 188 valence electrons. The van der Waals surface area contributed by atoms with Crippen molar-refractivity contribution in [2.45, 2.75) is 31.9 Å². The van der Waals surface area contributed by atoms with Crippen molar-refractivity contribution in [1.29, 1.82) is 0 Å². The Hall–Kier alpha value is -3.21. The number of amides is 2. The lowest BCUT2D eigenvalue weighted by Gasteiger charge is -2.34. The van der Waals surface area contributed by atoms with Crippen LogP contribution in [-0.4, -0.2) is 72.6 Å². The summed E-state index contributed by atoms with van der Waals surface area (Å²) in [5, 5.41) is 2.90. The van der Waals surface area contributed by atoms with Crippen LogP contribution in [0.25, 0.3) is 0 Å².